The van der Waals surface area contributed by atoms with Crippen molar-refractivity contribution in [3.8, 4) is 0 Å². The Bertz CT molecular complexity index is 1020. The van der Waals surface area contributed by atoms with Crippen LogP contribution in [0, 0.1) is 0 Å². The van der Waals surface area contributed by atoms with Crippen LogP contribution in [-0.4, -0.2) is 50.6 Å². The third-order valence-electron chi connectivity index (χ3n) is 6.42. The maximum Gasteiger partial charge on any atom is 0.416 e. The Kier molecular flexibility index (Phi) is 8.92. The minimum atomic E-state index is -4.93. The number of nitrogens with one attached hydrogen (secondary N) is 2. The standard InChI is InChI=1S/C26H31F6N3O2/c1-17(18-11-20(25(27,28)29)13-21(12-18)26(30,31)32)37-16-24(19-7-5-4-6-8-19)10-9-22(14-33-24)34-23(36)15-35(2)3/h4-8,11-13,17,22,33H,9-10,14-16H2,1-3H3,(H,34,36). The van der Waals surface area contributed by atoms with E-state index in [0.717, 1.165) is 5.56 Å². The average Bonchev–Trinajstić information content (AvgIpc) is 2.82. The van der Waals surface area contributed by atoms with Crippen LogP contribution in [0.25, 0.3) is 0 Å². The molecular weight excluding hydrogens is 500 g/mol. The predicted octanol–water partition coefficient (Wildman–Crippen LogP) is 5.13. The molecule has 0 aromatic heterocycles. The predicted molar refractivity (Wildman–Crippen MR) is 127 cm³/mol. The van der Waals surface area contributed by atoms with Gasteiger partial charge in [-0.1, -0.05) is 30.3 Å². The van der Waals surface area contributed by atoms with Gasteiger partial charge in [0.25, 0.3) is 0 Å². The number of alkyl halides is 6. The van der Waals surface area contributed by atoms with Crippen molar-refractivity contribution in [1.29, 1.82) is 0 Å². The number of carbonyl (C=O) groups excluding carboxylic acids is 1. The third-order valence-corrected chi connectivity index (χ3v) is 6.42. The number of halogens is 6. The van der Waals surface area contributed by atoms with E-state index in [1.807, 2.05) is 30.3 Å². The maximum absolute atomic E-state index is 13.3. The number of carbonyl (C=O) groups is 1. The molecule has 0 radical (unpaired) electrons. The number of benzene rings is 2. The molecule has 2 aromatic carbocycles. The highest BCUT2D eigenvalue weighted by Crippen LogP contribution is 2.39. The monoisotopic (exact) mass is 531 g/mol. The van der Waals surface area contributed by atoms with Gasteiger partial charge in [0, 0.05) is 12.6 Å². The molecule has 1 heterocycles. The van der Waals surface area contributed by atoms with Crippen LogP contribution in [0.15, 0.2) is 48.5 Å². The summed E-state index contributed by atoms with van der Waals surface area (Å²) < 4.78 is 85.8. The van der Waals surface area contributed by atoms with Gasteiger partial charge in [-0.15, -0.1) is 0 Å². The van der Waals surface area contributed by atoms with Gasteiger partial charge in [-0.2, -0.15) is 26.3 Å². The summed E-state index contributed by atoms with van der Waals surface area (Å²) in [4.78, 5) is 13.9. The molecule has 1 amide bonds. The normalized spacial score (nSPS) is 21.6. The van der Waals surface area contributed by atoms with Crippen LogP contribution in [0.5, 0.6) is 0 Å². The Morgan fingerprint density at radius 3 is 2.16 bits per heavy atom. The minimum Gasteiger partial charge on any atom is -0.372 e. The molecule has 1 aliphatic heterocycles. The van der Waals surface area contributed by atoms with Crippen molar-refractivity contribution in [2.24, 2.45) is 0 Å². The van der Waals surface area contributed by atoms with Crippen LogP contribution < -0.4 is 10.6 Å². The van der Waals surface area contributed by atoms with Gasteiger partial charge in [-0.05, 0) is 63.2 Å². The molecule has 5 nitrogen and oxygen atoms in total. The summed E-state index contributed by atoms with van der Waals surface area (Å²) in [6.07, 6.45) is -9.76. The maximum atomic E-state index is 13.3. The minimum absolute atomic E-state index is 0.00808. The lowest BCUT2D eigenvalue weighted by atomic mass is 9.81. The number of nitrogens with zero attached hydrogens (tertiary/aromatic N) is 1. The van der Waals surface area contributed by atoms with Gasteiger partial charge in [0.2, 0.25) is 5.91 Å². The molecule has 11 heteroatoms. The molecule has 1 saturated heterocycles. The lowest BCUT2D eigenvalue weighted by Crippen LogP contribution is -2.57. The molecule has 37 heavy (non-hydrogen) atoms. The molecule has 2 N–H and O–H groups in total. The number of hydrogen-bond acceptors (Lipinski definition) is 4. The fourth-order valence-electron chi connectivity index (χ4n) is 4.40. The van der Waals surface area contributed by atoms with E-state index in [9.17, 15) is 31.1 Å². The van der Waals surface area contributed by atoms with E-state index in [1.54, 1.807) is 19.0 Å². The largest absolute Gasteiger partial charge is 0.416 e. The second kappa shape index (κ2) is 11.4. The molecule has 0 aliphatic carbocycles. The quantitative estimate of drug-likeness (QED) is 0.464. The summed E-state index contributed by atoms with van der Waals surface area (Å²) in [5.41, 5.74) is -2.82. The number of hydrogen-bond donors (Lipinski definition) is 2. The number of ether oxygens (including phenoxy) is 1. The van der Waals surface area contributed by atoms with Crippen molar-refractivity contribution in [2.75, 3.05) is 33.8 Å². The molecule has 204 valence electrons. The summed E-state index contributed by atoms with van der Waals surface area (Å²) in [6.45, 7) is 2.11. The highest BCUT2D eigenvalue weighted by atomic mass is 19.4. The van der Waals surface area contributed by atoms with Crippen molar-refractivity contribution < 1.29 is 35.9 Å². The van der Waals surface area contributed by atoms with Crippen molar-refractivity contribution in [1.82, 2.24) is 15.5 Å². The second-order valence-electron chi connectivity index (χ2n) is 9.66. The van der Waals surface area contributed by atoms with Gasteiger partial charge >= 0.3 is 12.4 Å². The zero-order valence-electron chi connectivity index (χ0n) is 20.8. The van der Waals surface area contributed by atoms with E-state index in [1.165, 1.54) is 6.92 Å². The summed E-state index contributed by atoms with van der Waals surface area (Å²) in [7, 11) is 3.58. The van der Waals surface area contributed by atoms with Crippen LogP contribution in [0.3, 0.4) is 0 Å². The summed E-state index contributed by atoms with van der Waals surface area (Å²) in [6, 6.07) is 10.7. The van der Waals surface area contributed by atoms with E-state index in [4.69, 9.17) is 4.74 Å². The van der Waals surface area contributed by atoms with Crippen LogP contribution in [0.4, 0.5) is 26.3 Å². The number of rotatable bonds is 8. The van der Waals surface area contributed by atoms with E-state index in [-0.39, 0.29) is 36.7 Å². The number of amides is 1. The lowest BCUT2D eigenvalue weighted by molar-refractivity contribution is -0.143. The van der Waals surface area contributed by atoms with E-state index >= 15 is 0 Å². The zero-order chi connectivity index (χ0) is 27.4. The summed E-state index contributed by atoms with van der Waals surface area (Å²) in [5.74, 6) is -0.112. The lowest BCUT2D eigenvalue weighted by Gasteiger charge is -2.42. The topological polar surface area (TPSA) is 53.6 Å². The molecule has 3 atom stereocenters. The molecule has 0 spiro atoms. The summed E-state index contributed by atoms with van der Waals surface area (Å²) in [5, 5.41) is 6.40. The van der Waals surface area contributed by atoms with Gasteiger partial charge in [0.05, 0.1) is 35.9 Å². The Balaban J connectivity index is 1.79. The third kappa shape index (κ3) is 7.68. The Labute approximate surface area is 212 Å². The van der Waals surface area contributed by atoms with E-state index in [0.29, 0.717) is 31.5 Å². The second-order valence-corrected chi connectivity index (χ2v) is 9.66. The van der Waals surface area contributed by atoms with E-state index in [2.05, 4.69) is 10.6 Å². The summed E-state index contributed by atoms with van der Waals surface area (Å²) >= 11 is 0. The number of piperidine rings is 1. The first kappa shape index (κ1) is 28.9. The Morgan fingerprint density at radius 1 is 1.08 bits per heavy atom. The fraction of sp³-hybridized carbons (Fsp3) is 0.500. The van der Waals surface area contributed by atoms with Gasteiger partial charge in [0.15, 0.2) is 0 Å². The number of likely N-dealkylation sites (N-methyl/N-ethyl adjacent to an activating group) is 1. The SMILES string of the molecule is CC(OCC1(c2ccccc2)CCC(NC(=O)CN(C)C)CN1)c1cc(C(F)(F)F)cc(C(F)(F)F)c1. The van der Waals surface area contributed by atoms with Crippen molar-refractivity contribution >= 4 is 5.91 Å². The van der Waals surface area contributed by atoms with E-state index < -0.39 is 35.1 Å². The zero-order valence-corrected chi connectivity index (χ0v) is 20.8. The molecule has 1 fully saturated rings. The Morgan fingerprint density at radius 2 is 1.68 bits per heavy atom. The average molecular weight is 532 g/mol. The van der Waals surface area contributed by atoms with Crippen LogP contribution in [0.2, 0.25) is 0 Å². The first-order valence-electron chi connectivity index (χ1n) is 11.9. The van der Waals surface area contributed by atoms with Gasteiger partial charge < -0.3 is 20.3 Å². The molecule has 0 saturated carbocycles. The first-order chi connectivity index (χ1) is 17.2. The van der Waals surface area contributed by atoms with Gasteiger partial charge in [-0.3, -0.25) is 4.79 Å². The van der Waals surface area contributed by atoms with Crippen molar-refractivity contribution in [3.63, 3.8) is 0 Å². The van der Waals surface area contributed by atoms with Gasteiger partial charge in [0.1, 0.15) is 0 Å². The smallest absolute Gasteiger partial charge is 0.372 e. The molecule has 1 aliphatic rings. The Hall–Kier alpha value is -2.63. The van der Waals surface area contributed by atoms with Gasteiger partial charge in [-0.25, -0.2) is 0 Å². The highest BCUT2D eigenvalue weighted by molar-refractivity contribution is 5.78. The highest BCUT2D eigenvalue weighted by Gasteiger charge is 2.39. The van der Waals surface area contributed by atoms with Crippen molar-refractivity contribution in [2.45, 2.75) is 49.8 Å². The first-order valence-corrected chi connectivity index (χ1v) is 11.9. The van der Waals surface area contributed by atoms with Crippen LogP contribution >= 0.6 is 0 Å². The van der Waals surface area contributed by atoms with Crippen molar-refractivity contribution in [3.05, 3.63) is 70.8 Å². The molecule has 3 unspecified atom stereocenters. The molecular formula is C26H31F6N3O2. The molecule has 0 bridgehead atoms. The van der Waals surface area contributed by atoms with Crippen LogP contribution in [0.1, 0.15) is 48.1 Å². The molecule has 2 aromatic rings. The van der Waals surface area contributed by atoms with Crippen LogP contribution in [-0.2, 0) is 27.4 Å². The fourth-order valence-corrected chi connectivity index (χ4v) is 4.40. The molecule has 3 rings (SSSR count).